The lowest BCUT2D eigenvalue weighted by Gasteiger charge is -2.18. The van der Waals surface area contributed by atoms with Gasteiger partial charge in [0, 0.05) is 17.5 Å². The van der Waals surface area contributed by atoms with Gasteiger partial charge in [0.05, 0.1) is 11.6 Å². The normalized spacial score (nSPS) is 18.3. The number of aryl methyl sites for hydroxylation is 1. The molecular weight excluding hydrogens is 230 g/mol. The SMILES string of the molecule is O=C(O)[C@H]1CCc2[nH]nc(-c3ccccn3)c2C1. The summed E-state index contributed by atoms with van der Waals surface area (Å²) >= 11 is 0. The quantitative estimate of drug-likeness (QED) is 0.840. The third-order valence-electron chi connectivity index (χ3n) is 3.40. The van der Waals surface area contributed by atoms with Crippen LogP contribution in [0.25, 0.3) is 11.4 Å². The summed E-state index contributed by atoms with van der Waals surface area (Å²) in [5, 5.41) is 16.4. The molecule has 0 aliphatic heterocycles. The minimum Gasteiger partial charge on any atom is -0.481 e. The van der Waals surface area contributed by atoms with Gasteiger partial charge < -0.3 is 5.11 Å². The van der Waals surface area contributed by atoms with E-state index in [4.69, 9.17) is 5.11 Å². The van der Waals surface area contributed by atoms with Gasteiger partial charge in [0.25, 0.3) is 0 Å². The van der Waals surface area contributed by atoms with Gasteiger partial charge in [-0.1, -0.05) is 6.07 Å². The van der Waals surface area contributed by atoms with Crippen LogP contribution in [-0.2, 0) is 17.6 Å². The van der Waals surface area contributed by atoms with E-state index >= 15 is 0 Å². The van der Waals surface area contributed by atoms with E-state index in [1.807, 2.05) is 18.2 Å². The Balaban J connectivity index is 2.00. The summed E-state index contributed by atoms with van der Waals surface area (Å²) in [5.74, 6) is -1.04. The van der Waals surface area contributed by atoms with E-state index in [1.54, 1.807) is 6.20 Å². The summed E-state index contributed by atoms with van der Waals surface area (Å²) in [6.07, 6.45) is 3.67. The topological polar surface area (TPSA) is 78.9 Å². The first-order valence-corrected chi connectivity index (χ1v) is 5.96. The second-order valence-corrected chi connectivity index (χ2v) is 4.52. The van der Waals surface area contributed by atoms with Crippen molar-refractivity contribution in [2.45, 2.75) is 19.3 Å². The molecule has 0 bridgehead atoms. The van der Waals surface area contributed by atoms with Crippen LogP contribution in [0.5, 0.6) is 0 Å². The summed E-state index contributed by atoms with van der Waals surface area (Å²) in [5.41, 5.74) is 3.64. The van der Waals surface area contributed by atoms with Gasteiger partial charge in [-0.2, -0.15) is 5.10 Å². The predicted octanol–water partition coefficient (Wildman–Crippen LogP) is 1.66. The molecule has 0 saturated carbocycles. The zero-order chi connectivity index (χ0) is 12.5. The predicted molar refractivity (Wildman–Crippen MR) is 65.0 cm³/mol. The van der Waals surface area contributed by atoms with Crippen molar-refractivity contribution in [2.24, 2.45) is 5.92 Å². The molecule has 0 unspecified atom stereocenters. The Labute approximate surface area is 104 Å². The molecule has 0 amide bonds. The van der Waals surface area contributed by atoms with Crippen molar-refractivity contribution >= 4 is 5.97 Å². The highest BCUT2D eigenvalue weighted by Crippen LogP contribution is 2.31. The number of rotatable bonds is 2. The lowest BCUT2D eigenvalue weighted by Crippen LogP contribution is -2.22. The van der Waals surface area contributed by atoms with Crippen molar-refractivity contribution in [3.05, 3.63) is 35.7 Å². The lowest BCUT2D eigenvalue weighted by molar-refractivity contribution is -0.142. The van der Waals surface area contributed by atoms with Gasteiger partial charge in [-0.05, 0) is 31.4 Å². The molecular formula is C13H13N3O2. The molecule has 18 heavy (non-hydrogen) atoms. The van der Waals surface area contributed by atoms with Gasteiger partial charge in [0.2, 0.25) is 0 Å². The number of carboxylic acid groups (broad SMARTS) is 1. The van der Waals surface area contributed by atoms with Crippen molar-refractivity contribution in [2.75, 3.05) is 0 Å². The fraction of sp³-hybridized carbons (Fsp3) is 0.308. The molecule has 0 aromatic carbocycles. The number of carbonyl (C=O) groups is 1. The lowest BCUT2D eigenvalue weighted by atomic mass is 9.86. The van der Waals surface area contributed by atoms with Crippen LogP contribution in [0.2, 0.25) is 0 Å². The Kier molecular flexibility index (Phi) is 2.59. The minimum atomic E-state index is -0.728. The summed E-state index contributed by atoms with van der Waals surface area (Å²) in [6, 6.07) is 5.64. The van der Waals surface area contributed by atoms with Crippen molar-refractivity contribution in [3.8, 4) is 11.4 Å². The number of carboxylic acids is 1. The highest BCUT2D eigenvalue weighted by Gasteiger charge is 2.28. The molecule has 1 aliphatic rings. The molecule has 5 heteroatoms. The summed E-state index contributed by atoms with van der Waals surface area (Å²) in [6.45, 7) is 0. The van der Waals surface area contributed by atoms with E-state index in [0.29, 0.717) is 12.8 Å². The maximum Gasteiger partial charge on any atom is 0.306 e. The van der Waals surface area contributed by atoms with E-state index in [9.17, 15) is 4.79 Å². The second-order valence-electron chi connectivity index (χ2n) is 4.52. The molecule has 2 aromatic rings. The Morgan fingerprint density at radius 1 is 1.44 bits per heavy atom. The van der Waals surface area contributed by atoms with E-state index in [0.717, 1.165) is 29.1 Å². The molecule has 0 fully saturated rings. The molecule has 0 radical (unpaired) electrons. The number of aliphatic carboxylic acids is 1. The largest absolute Gasteiger partial charge is 0.481 e. The van der Waals surface area contributed by atoms with Crippen LogP contribution in [0, 0.1) is 5.92 Å². The Bertz CT molecular complexity index is 577. The molecule has 0 saturated heterocycles. The number of aromatic amines is 1. The van der Waals surface area contributed by atoms with Crippen LogP contribution in [0.1, 0.15) is 17.7 Å². The maximum atomic E-state index is 11.1. The first kappa shape index (κ1) is 11.0. The number of nitrogens with zero attached hydrogens (tertiary/aromatic N) is 2. The van der Waals surface area contributed by atoms with Crippen LogP contribution in [0.4, 0.5) is 0 Å². The van der Waals surface area contributed by atoms with Crippen molar-refractivity contribution < 1.29 is 9.90 Å². The highest BCUT2D eigenvalue weighted by molar-refractivity contribution is 5.72. The average Bonchev–Trinajstić information content (AvgIpc) is 2.82. The van der Waals surface area contributed by atoms with E-state index in [-0.39, 0.29) is 5.92 Å². The van der Waals surface area contributed by atoms with Crippen LogP contribution < -0.4 is 0 Å². The maximum absolute atomic E-state index is 11.1. The number of pyridine rings is 1. The van der Waals surface area contributed by atoms with E-state index in [2.05, 4.69) is 15.2 Å². The summed E-state index contributed by atoms with van der Waals surface area (Å²) < 4.78 is 0. The van der Waals surface area contributed by atoms with Crippen molar-refractivity contribution in [3.63, 3.8) is 0 Å². The van der Waals surface area contributed by atoms with E-state index in [1.165, 1.54) is 0 Å². The fourth-order valence-electron chi connectivity index (χ4n) is 2.42. The smallest absolute Gasteiger partial charge is 0.306 e. The Morgan fingerprint density at radius 3 is 3.06 bits per heavy atom. The molecule has 0 spiro atoms. The summed E-state index contributed by atoms with van der Waals surface area (Å²) in [4.78, 5) is 15.4. The van der Waals surface area contributed by atoms with Crippen LogP contribution in [0.15, 0.2) is 24.4 Å². The monoisotopic (exact) mass is 243 g/mol. The molecule has 2 aromatic heterocycles. The Morgan fingerprint density at radius 2 is 2.33 bits per heavy atom. The molecule has 92 valence electrons. The first-order valence-electron chi connectivity index (χ1n) is 5.96. The molecule has 1 aliphatic carbocycles. The number of aromatic nitrogens is 3. The molecule has 3 rings (SSSR count). The third kappa shape index (κ3) is 1.77. The summed E-state index contributed by atoms with van der Waals surface area (Å²) in [7, 11) is 0. The third-order valence-corrected chi connectivity index (χ3v) is 3.40. The highest BCUT2D eigenvalue weighted by atomic mass is 16.4. The number of H-pyrrole nitrogens is 1. The van der Waals surface area contributed by atoms with Crippen molar-refractivity contribution in [1.82, 2.24) is 15.2 Å². The molecule has 2 heterocycles. The van der Waals surface area contributed by atoms with Crippen LogP contribution in [0.3, 0.4) is 0 Å². The van der Waals surface area contributed by atoms with Gasteiger partial charge >= 0.3 is 5.97 Å². The average molecular weight is 243 g/mol. The molecule has 2 N–H and O–H groups in total. The zero-order valence-corrected chi connectivity index (χ0v) is 9.76. The van der Waals surface area contributed by atoms with Crippen LogP contribution >= 0.6 is 0 Å². The van der Waals surface area contributed by atoms with Crippen molar-refractivity contribution in [1.29, 1.82) is 0 Å². The number of hydrogen-bond donors (Lipinski definition) is 2. The number of nitrogens with one attached hydrogen (secondary N) is 1. The van der Waals surface area contributed by atoms with Crippen LogP contribution in [-0.4, -0.2) is 26.3 Å². The second kappa shape index (κ2) is 4.25. The number of hydrogen-bond acceptors (Lipinski definition) is 3. The van der Waals surface area contributed by atoms with Gasteiger partial charge in [0.1, 0.15) is 5.69 Å². The van der Waals surface area contributed by atoms with Gasteiger partial charge in [0.15, 0.2) is 0 Å². The first-order chi connectivity index (χ1) is 8.75. The standard InChI is InChI=1S/C13H13N3O2/c17-13(18)8-4-5-10-9(7-8)12(16-15-10)11-3-1-2-6-14-11/h1-3,6,8H,4-5,7H2,(H,15,16)(H,17,18)/t8-/m0/s1. The minimum absolute atomic E-state index is 0.308. The van der Waals surface area contributed by atoms with Gasteiger partial charge in [-0.25, -0.2) is 0 Å². The van der Waals surface area contributed by atoms with Gasteiger partial charge in [-0.3, -0.25) is 14.9 Å². The number of fused-ring (bicyclic) bond motifs is 1. The van der Waals surface area contributed by atoms with E-state index < -0.39 is 5.97 Å². The zero-order valence-electron chi connectivity index (χ0n) is 9.76. The molecule has 5 nitrogen and oxygen atoms in total. The Hall–Kier alpha value is -2.17. The fourth-order valence-corrected chi connectivity index (χ4v) is 2.42. The van der Waals surface area contributed by atoms with Gasteiger partial charge in [-0.15, -0.1) is 0 Å². The molecule has 1 atom stereocenters.